The maximum atomic E-state index is 13.3. The van der Waals surface area contributed by atoms with Crippen LogP contribution >= 0.6 is 0 Å². The van der Waals surface area contributed by atoms with Crippen molar-refractivity contribution in [3.8, 4) is 0 Å². The van der Waals surface area contributed by atoms with Crippen LogP contribution in [0, 0.1) is 11.6 Å². The van der Waals surface area contributed by atoms with E-state index in [1.54, 1.807) is 12.1 Å². The van der Waals surface area contributed by atoms with Crippen molar-refractivity contribution in [2.75, 3.05) is 13.2 Å². The first-order valence-corrected chi connectivity index (χ1v) is 9.94. The van der Waals surface area contributed by atoms with E-state index in [-0.39, 0.29) is 17.7 Å². The fourth-order valence-corrected chi connectivity index (χ4v) is 3.02. The molecule has 0 atom stereocenters. The summed E-state index contributed by atoms with van der Waals surface area (Å²) in [4.78, 5) is 33.0. The van der Waals surface area contributed by atoms with Crippen LogP contribution in [0.3, 0.4) is 0 Å². The maximum Gasteiger partial charge on any atom is 0.251 e. The lowest BCUT2D eigenvalue weighted by molar-refractivity contribution is -0.143. The Labute approximate surface area is 181 Å². The number of fused-ring (bicyclic) bond motifs is 2. The SMILES string of the molecule is CCOC(Cn1c(=O)ccc2ncc(F)cc21)OCC.O=c1ccc2ncc(F)cc2[nH]1. The van der Waals surface area contributed by atoms with Crippen molar-refractivity contribution in [1.82, 2.24) is 19.5 Å². The van der Waals surface area contributed by atoms with Crippen LogP contribution in [-0.2, 0) is 16.0 Å². The smallest absolute Gasteiger partial charge is 0.251 e. The number of rotatable bonds is 6. The molecule has 4 aromatic rings. The topological polar surface area (TPSA) is 99.1 Å². The standard InChI is InChI=1S/C14H17FN2O3.C8H5FN2O/c1-3-19-14(20-4-2)9-17-12-7-10(15)8-16-11(12)5-6-13(17)18;9-5-3-7-6(10-4-5)1-2-8(12)11-7/h5-8,14H,3-4,9H2,1-2H3;1-4H,(H,11,12). The number of halogens is 2. The number of hydrogen-bond acceptors (Lipinski definition) is 6. The van der Waals surface area contributed by atoms with Gasteiger partial charge in [-0.3, -0.25) is 19.6 Å². The van der Waals surface area contributed by atoms with Gasteiger partial charge in [-0.1, -0.05) is 0 Å². The van der Waals surface area contributed by atoms with E-state index < -0.39 is 17.9 Å². The Morgan fingerprint density at radius 2 is 1.56 bits per heavy atom. The molecule has 32 heavy (non-hydrogen) atoms. The van der Waals surface area contributed by atoms with Crippen molar-refractivity contribution in [3.63, 3.8) is 0 Å². The first-order chi connectivity index (χ1) is 15.4. The fraction of sp³-hybridized carbons (Fsp3) is 0.273. The number of nitrogens with one attached hydrogen (secondary N) is 1. The largest absolute Gasteiger partial charge is 0.351 e. The summed E-state index contributed by atoms with van der Waals surface area (Å²) in [7, 11) is 0. The molecule has 0 bridgehead atoms. The molecule has 0 radical (unpaired) electrons. The van der Waals surface area contributed by atoms with E-state index in [0.717, 1.165) is 12.4 Å². The van der Waals surface area contributed by atoms with Gasteiger partial charge in [0, 0.05) is 37.5 Å². The lowest BCUT2D eigenvalue weighted by Gasteiger charge is -2.19. The number of aromatic amines is 1. The lowest BCUT2D eigenvalue weighted by Crippen LogP contribution is -2.30. The van der Waals surface area contributed by atoms with Crippen molar-refractivity contribution in [3.05, 3.63) is 81.1 Å². The third-order valence-corrected chi connectivity index (χ3v) is 4.38. The number of ether oxygens (including phenoxy) is 2. The van der Waals surface area contributed by atoms with E-state index >= 15 is 0 Å². The third-order valence-electron chi connectivity index (χ3n) is 4.38. The molecule has 4 heterocycles. The zero-order valence-corrected chi connectivity index (χ0v) is 17.5. The Hall–Kier alpha value is -3.50. The normalized spacial score (nSPS) is 11.0. The predicted octanol–water partition coefficient (Wildman–Crippen LogP) is 3.00. The third kappa shape index (κ3) is 5.80. The molecule has 0 saturated heterocycles. The Kier molecular flexibility index (Phi) is 7.74. The van der Waals surface area contributed by atoms with Crippen LogP contribution in [0.1, 0.15) is 13.8 Å². The average molecular weight is 444 g/mol. The number of pyridine rings is 4. The van der Waals surface area contributed by atoms with Gasteiger partial charge < -0.3 is 19.0 Å². The van der Waals surface area contributed by atoms with Crippen LogP contribution in [0.15, 0.2) is 58.4 Å². The van der Waals surface area contributed by atoms with Crippen LogP contribution in [0.4, 0.5) is 8.78 Å². The predicted molar refractivity (Wildman–Crippen MR) is 115 cm³/mol. The van der Waals surface area contributed by atoms with E-state index in [2.05, 4.69) is 15.0 Å². The van der Waals surface area contributed by atoms with Crippen molar-refractivity contribution in [2.45, 2.75) is 26.7 Å². The number of aromatic nitrogens is 4. The molecular weight excluding hydrogens is 422 g/mol. The molecule has 0 aliphatic heterocycles. The second-order valence-electron chi connectivity index (χ2n) is 6.59. The Morgan fingerprint density at radius 1 is 0.938 bits per heavy atom. The first kappa shape index (κ1) is 23.2. The summed E-state index contributed by atoms with van der Waals surface area (Å²) in [6, 6.07) is 8.41. The summed E-state index contributed by atoms with van der Waals surface area (Å²) in [6.45, 7) is 4.83. The molecular formula is C22H22F2N4O4. The first-order valence-electron chi connectivity index (χ1n) is 9.94. The highest BCUT2D eigenvalue weighted by Crippen LogP contribution is 2.12. The highest BCUT2D eigenvalue weighted by molar-refractivity contribution is 5.74. The summed E-state index contributed by atoms with van der Waals surface area (Å²) in [5, 5.41) is 0. The van der Waals surface area contributed by atoms with Gasteiger partial charge in [0.15, 0.2) is 6.29 Å². The van der Waals surface area contributed by atoms with Crippen LogP contribution < -0.4 is 11.1 Å². The monoisotopic (exact) mass is 444 g/mol. The molecule has 0 spiro atoms. The summed E-state index contributed by atoms with van der Waals surface area (Å²) >= 11 is 0. The summed E-state index contributed by atoms with van der Waals surface area (Å²) in [6.07, 6.45) is 1.69. The van der Waals surface area contributed by atoms with Gasteiger partial charge in [-0.25, -0.2) is 8.78 Å². The van der Waals surface area contributed by atoms with Crippen LogP contribution in [-0.4, -0.2) is 39.0 Å². The molecule has 0 aliphatic carbocycles. The van der Waals surface area contributed by atoms with Gasteiger partial charge in [0.05, 0.1) is 41.0 Å². The number of hydrogen-bond donors (Lipinski definition) is 1. The van der Waals surface area contributed by atoms with E-state index in [4.69, 9.17) is 9.47 Å². The highest BCUT2D eigenvalue weighted by atomic mass is 19.1. The second kappa shape index (κ2) is 10.7. The van der Waals surface area contributed by atoms with Crippen LogP contribution in [0.2, 0.25) is 0 Å². The highest BCUT2D eigenvalue weighted by Gasteiger charge is 2.13. The summed E-state index contributed by atoms with van der Waals surface area (Å²) in [5.74, 6) is -0.939. The minimum absolute atomic E-state index is 0.197. The minimum atomic E-state index is -0.545. The molecule has 168 valence electrons. The molecule has 4 rings (SSSR count). The van der Waals surface area contributed by atoms with Gasteiger partial charge in [0.1, 0.15) is 11.6 Å². The van der Waals surface area contributed by atoms with Crippen molar-refractivity contribution in [1.29, 1.82) is 0 Å². The molecule has 0 aliphatic rings. The van der Waals surface area contributed by atoms with Crippen molar-refractivity contribution in [2.24, 2.45) is 0 Å². The molecule has 4 aromatic heterocycles. The van der Waals surface area contributed by atoms with E-state index in [0.29, 0.717) is 35.3 Å². The van der Waals surface area contributed by atoms with Crippen molar-refractivity contribution < 1.29 is 18.3 Å². The minimum Gasteiger partial charge on any atom is -0.351 e. The number of nitrogens with zero attached hydrogens (tertiary/aromatic N) is 3. The summed E-state index contributed by atoms with van der Waals surface area (Å²) in [5.41, 5.74) is 1.49. The van der Waals surface area contributed by atoms with E-state index in [1.165, 1.54) is 28.8 Å². The van der Waals surface area contributed by atoms with Crippen LogP contribution in [0.25, 0.3) is 22.1 Å². The summed E-state index contributed by atoms with van der Waals surface area (Å²) < 4.78 is 38.2. The molecule has 1 N–H and O–H groups in total. The van der Waals surface area contributed by atoms with Gasteiger partial charge in [0.2, 0.25) is 5.56 Å². The van der Waals surface area contributed by atoms with Gasteiger partial charge in [-0.05, 0) is 26.0 Å². The Balaban J connectivity index is 0.000000204. The fourth-order valence-electron chi connectivity index (χ4n) is 3.02. The van der Waals surface area contributed by atoms with Crippen molar-refractivity contribution >= 4 is 22.1 Å². The quantitative estimate of drug-likeness (QED) is 0.459. The van der Waals surface area contributed by atoms with Gasteiger partial charge in [-0.2, -0.15) is 0 Å². The molecule has 0 unspecified atom stereocenters. The maximum absolute atomic E-state index is 13.3. The zero-order valence-electron chi connectivity index (χ0n) is 17.5. The molecule has 10 heteroatoms. The van der Waals surface area contributed by atoms with Gasteiger partial charge in [-0.15, -0.1) is 0 Å². The molecule has 0 amide bonds. The molecule has 0 fully saturated rings. The number of H-pyrrole nitrogens is 1. The van der Waals surface area contributed by atoms with Gasteiger partial charge in [0.25, 0.3) is 5.56 Å². The molecule has 0 saturated carbocycles. The Morgan fingerprint density at radius 3 is 2.25 bits per heavy atom. The van der Waals surface area contributed by atoms with Crippen LogP contribution in [0.5, 0.6) is 0 Å². The molecule has 8 nitrogen and oxygen atoms in total. The average Bonchev–Trinajstić information content (AvgIpc) is 2.76. The zero-order chi connectivity index (χ0) is 23.1. The second-order valence-corrected chi connectivity index (χ2v) is 6.59. The lowest BCUT2D eigenvalue weighted by atomic mass is 10.3. The van der Waals surface area contributed by atoms with E-state index in [1.807, 2.05) is 13.8 Å². The Bertz CT molecular complexity index is 1320. The van der Waals surface area contributed by atoms with Gasteiger partial charge >= 0.3 is 0 Å². The molecule has 0 aromatic carbocycles. The van der Waals surface area contributed by atoms with E-state index in [9.17, 15) is 18.4 Å².